The summed E-state index contributed by atoms with van der Waals surface area (Å²) in [5, 5.41) is 4.44. The van der Waals surface area contributed by atoms with Crippen LogP contribution in [-0.4, -0.2) is 0 Å². The van der Waals surface area contributed by atoms with Gasteiger partial charge in [-0.25, -0.2) is 0 Å². The van der Waals surface area contributed by atoms with Crippen LogP contribution in [0.5, 0.6) is 0 Å². The van der Waals surface area contributed by atoms with Crippen molar-refractivity contribution in [1.82, 2.24) is 0 Å². The minimum atomic E-state index is 0.871. The molecule has 2 aromatic heterocycles. The lowest BCUT2D eigenvalue weighted by molar-refractivity contribution is 0.665. The summed E-state index contributed by atoms with van der Waals surface area (Å²) in [5.41, 5.74) is 10.1. The minimum Gasteiger partial charge on any atom is -0.455 e. The van der Waals surface area contributed by atoms with Crippen LogP contribution in [0.15, 0.2) is 142 Å². The Hall–Kier alpha value is -5.08. The highest BCUT2D eigenvalue weighted by molar-refractivity contribution is 6.17. The number of benzene rings is 6. The monoisotopic (exact) mass is 486 g/mol. The summed E-state index contributed by atoms with van der Waals surface area (Å²) in [7, 11) is 0. The van der Waals surface area contributed by atoms with Gasteiger partial charge in [0.15, 0.2) is 0 Å². The number of hydrogen-bond donors (Lipinski definition) is 0. The molecule has 38 heavy (non-hydrogen) atoms. The summed E-state index contributed by atoms with van der Waals surface area (Å²) in [6, 6.07) is 46.5. The van der Waals surface area contributed by atoms with Crippen molar-refractivity contribution < 1.29 is 8.83 Å². The van der Waals surface area contributed by atoms with Gasteiger partial charge in [0.1, 0.15) is 22.3 Å². The molecule has 0 aliphatic rings. The summed E-state index contributed by atoms with van der Waals surface area (Å²) in [5.74, 6) is 0. The van der Waals surface area contributed by atoms with E-state index in [2.05, 4.69) is 115 Å². The number of hydrogen-bond acceptors (Lipinski definition) is 2. The highest BCUT2D eigenvalue weighted by atomic mass is 16.3. The van der Waals surface area contributed by atoms with Gasteiger partial charge in [0.25, 0.3) is 0 Å². The maximum absolute atomic E-state index is 6.80. The van der Waals surface area contributed by atoms with E-state index < -0.39 is 0 Å². The Labute approximate surface area is 219 Å². The number of rotatable bonds is 3. The molecule has 0 fully saturated rings. The van der Waals surface area contributed by atoms with Crippen LogP contribution < -0.4 is 0 Å². The van der Waals surface area contributed by atoms with Crippen molar-refractivity contribution in [2.75, 3.05) is 0 Å². The molecular formula is C36H22O2. The Morgan fingerprint density at radius 3 is 1.68 bits per heavy atom. The fraction of sp³-hybridized carbons (Fsp3) is 0. The summed E-state index contributed by atoms with van der Waals surface area (Å²) in [4.78, 5) is 0. The second-order valence-electron chi connectivity index (χ2n) is 9.70. The van der Waals surface area contributed by atoms with Crippen LogP contribution in [0.3, 0.4) is 0 Å². The molecule has 178 valence electrons. The third-order valence-electron chi connectivity index (χ3n) is 7.48. The van der Waals surface area contributed by atoms with Crippen molar-refractivity contribution in [1.29, 1.82) is 0 Å². The van der Waals surface area contributed by atoms with Crippen LogP contribution in [0, 0.1) is 0 Å². The third kappa shape index (κ3) is 3.14. The maximum atomic E-state index is 6.80. The molecule has 0 bridgehead atoms. The normalized spacial score (nSPS) is 11.7. The fourth-order valence-electron chi connectivity index (χ4n) is 5.70. The fourth-order valence-corrected chi connectivity index (χ4v) is 5.70. The summed E-state index contributed by atoms with van der Waals surface area (Å²) >= 11 is 0. The first kappa shape index (κ1) is 21.0. The number of para-hydroxylation sites is 3. The molecule has 0 amide bonds. The SMILES string of the molecule is c1ccc(-c2cc(-c3cccc4c3oc3ccccc34)c3oc4c(-c5ccccc5)cccc4c3c2)cc1. The molecule has 2 nitrogen and oxygen atoms in total. The van der Waals surface area contributed by atoms with Gasteiger partial charge in [-0.05, 0) is 34.9 Å². The van der Waals surface area contributed by atoms with Crippen molar-refractivity contribution in [2.45, 2.75) is 0 Å². The van der Waals surface area contributed by atoms with E-state index in [9.17, 15) is 0 Å². The molecular weight excluding hydrogens is 464 g/mol. The maximum Gasteiger partial charge on any atom is 0.143 e. The summed E-state index contributed by atoms with van der Waals surface area (Å²) in [6.45, 7) is 0. The van der Waals surface area contributed by atoms with Gasteiger partial charge in [-0.15, -0.1) is 0 Å². The van der Waals surface area contributed by atoms with Crippen LogP contribution in [0.4, 0.5) is 0 Å². The molecule has 0 saturated heterocycles. The van der Waals surface area contributed by atoms with E-state index in [-0.39, 0.29) is 0 Å². The van der Waals surface area contributed by atoms with Crippen molar-refractivity contribution in [2.24, 2.45) is 0 Å². The van der Waals surface area contributed by atoms with Gasteiger partial charge < -0.3 is 8.83 Å². The van der Waals surface area contributed by atoms with E-state index >= 15 is 0 Å². The number of furan rings is 2. The Bertz CT molecular complexity index is 2110. The minimum absolute atomic E-state index is 0.871. The third-order valence-corrected chi connectivity index (χ3v) is 7.48. The zero-order valence-electron chi connectivity index (χ0n) is 20.5. The van der Waals surface area contributed by atoms with Crippen LogP contribution in [-0.2, 0) is 0 Å². The predicted octanol–water partition coefficient (Wildman–Crippen LogP) is 10.5. The van der Waals surface area contributed by atoms with E-state index in [1.165, 1.54) is 5.56 Å². The van der Waals surface area contributed by atoms with Gasteiger partial charge in [-0.2, -0.15) is 0 Å². The van der Waals surface area contributed by atoms with Gasteiger partial charge in [0.05, 0.1) is 0 Å². The van der Waals surface area contributed by atoms with Crippen LogP contribution in [0.2, 0.25) is 0 Å². The van der Waals surface area contributed by atoms with Crippen molar-refractivity contribution in [3.63, 3.8) is 0 Å². The van der Waals surface area contributed by atoms with E-state index in [1.54, 1.807) is 0 Å². The van der Waals surface area contributed by atoms with E-state index in [0.717, 1.165) is 71.7 Å². The highest BCUT2D eigenvalue weighted by Gasteiger charge is 2.20. The second-order valence-corrected chi connectivity index (χ2v) is 9.70. The average molecular weight is 487 g/mol. The van der Waals surface area contributed by atoms with Gasteiger partial charge in [-0.3, -0.25) is 0 Å². The standard InChI is InChI=1S/C36H22O2/c1-3-11-23(12-4-1)25-21-31-29-18-9-16-26(24-13-5-2-6-14-24)34(29)38-36(31)32(22-25)30-19-10-17-28-27-15-7-8-20-33(27)37-35(28)30/h1-22H. The lowest BCUT2D eigenvalue weighted by Crippen LogP contribution is -1.84. The van der Waals surface area contributed by atoms with E-state index in [4.69, 9.17) is 8.83 Å². The molecule has 0 N–H and O–H groups in total. The van der Waals surface area contributed by atoms with Crippen molar-refractivity contribution >= 4 is 43.9 Å². The number of fused-ring (bicyclic) bond motifs is 6. The van der Waals surface area contributed by atoms with Gasteiger partial charge in [0, 0.05) is 38.2 Å². The first-order valence-electron chi connectivity index (χ1n) is 12.9. The zero-order valence-corrected chi connectivity index (χ0v) is 20.5. The first-order chi connectivity index (χ1) is 18.8. The molecule has 0 unspecified atom stereocenters. The lowest BCUT2D eigenvalue weighted by atomic mass is 9.94. The zero-order chi connectivity index (χ0) is 25.1. The molecule has 0 radical (unpaired) electrons. The molecule has 0 saturated carbocycles. The molecule has 0 aliphatic carbocycles. The Morgan fingerprint density at radius 1 is 0.316 bits per heavy atom. The quantitative estimate of drug-likeness (QED) is 0.248. The smallest absolute Gasteiger partial charge is 0.143 e. The molecule has 8 rings (SSSR count). The first-order valence-corrected chi connectivity index (χ1v) is 12.9. The Kier molecular flexibility index (Phi) is 4.55. The van der Waals surface area contributed by atoms with Crippen molar-refractivity contribution in [3.05, 3.63) is 133 Å². The Balaban J connectivity index is 1.50. The van der Waals surface area contributed by atoms with Crippen molar-refractivity contribution in [3.8, 4) is 33.4 Å². The summed E-state index contributed by atoms with van der Waals surface area (Å²) in [6.07, 6.45) is 0. The van der Waals surface area contributed by atoms with Gasteiger partial charge in [-0.1, -0.05) is 115 Å². The molecule has 8 aromatic rings. The highest BCUT2D eigenvalue weighted by Crippen LogP contribution is 2.44. The van der Waals surface area contributed by atoms with Crippen LogP contribution >= 0.6 is 0 Å². The molecule has 0 aliphatic heterocycles. The van der Waals surface area contributed by atoms with E-state index in [0.29, 0.717) is 0 Å². The molecule has 6 aromatic carbocycles. The second kappa shape index (κ2) is 8.22. The topological polar surface area (TPSA) is 26.3 Å². The van der Waals surface area contributed by atoms with Gasteiger partial charge in [0.2, 0.25) is 0 Å². The van der Waals surface area contributed by atoms with Gasteiger partial charge >= 0.3 is 0 Å². The molecule has 2 heterocycles. The Morgan fingerprint density at radius 2 is 0.895 bits per heavy atom. The predicted molar refractivity (Wildman–Crippen MR) is 157 cm³/mol. The average Bonchev–Trinajstić information content (AvgIpc) is 3.56. The molecule has 0 atom stereocenters. The van der Waals surface area contributed by atoms with Crippen LogP contribution in [0.25, 0.3) is 77.3 Å². The largest absolute Gasteiger partial charge is 0.455 e. The lowest BCUT2D eigenvalue weighted by Gasteiger charge is -2.08. The summed E-state index contributed by atoms with van der Waals surface area (Å²) < 4.78 is 13.3. The molecule has 0 spiro atoms. The molecule has 2 heteroatoms. The van der Waals surface area contributed by atoms with E-state index in [1.807, 2.05) is 18.2 Å². The van der Waals surface area contributed by atoms with Crippen LogP contribution in [0.1, 0.15) is 0 Å².